The Morgan fingerprint density at radius 1 is 1.17 bits per heavy atom. The summed E-state index contributed by atoms with van der Waals surface area (Å²) in [6, 6.07) is 14.6. The zero-order valence-corrected chi connectivity index (χ0v) is 19.7. The van der Waals surface area contributed by atoms with Crippen LogP contribution in [-0.2, 0) is 6.54 Å². The van der Waals surface area contributed by atoms with Crippen LogP contribution in [-0.4, -0.2) is 44.1 Å². The first-order chi connectivity index (χ1) is 17.1. The SMILES string of the molecule is Nc1ncc(-c2cccc(C(=O)NCc3cccc(Cl)c3)c2)nc1-c1nnc([C@H]2CCCNC2)[nH]1. The molecule has 1 atom stereocenters. The van der Waals surface area contributed by atoms with Crippen LogP contribution in [0.25, 0.3) is 22.8 Å². The number of anilines is 1. The minimum Gasteiger partial charge on any atom is -0.382 e. The molecule has 0 unspecified atom stereocenters. The lowest BCUT2D eigenvalue weighted by molar-refractivity contribution is 0.0951. The number of nitrogens with one attached hydrogen (secondary N) is 3. The predicted molar refractivity (Wildman–Crippen MR) is 135 cm³/mol. The Kier molecular flexibility index (Phi) is 6.69. The van der Waals surface area contributed by atoms with Gasteiger partial charge in [0.15, 0.2) is 17.3 Å². The second kappa shape index (κ2) is 10.2. The fourth-order valence-corrected chi connectivity index (χ4v) is 4.33. The van der Waals surface area contributed by atoms with Crippen molar-refractivity contribution in [1.82, 2.24) is 35.8 Å². The third kappa shape index (κ3) is 5.31. The number of amides is 1. The van der Waals surface area contributed by atoms with E-state index in [4.69, 9.17) is 22.3 Å². The van der Waals surface area contributed by atoms with Crippen LogP contribution in [0, 0.1) is 0 Å². The number of hydrogen-bond donors (Lipinski definition) is 4. The third-order valence-electron chi connectivity index (χ3n) is 5.98. The quantitative estimate of drug-likeness (QED) is 0.326. The van der Waals surface area contributed by atoms with Crippen LogP contribution in [0.2, 0.25) is 5.02 Å². The molecule has 0 spiro atoms. The Labute approximate surface area is 207 Å². The van der Waals surface area contributed by atoms with Crippen molar-refractivity contribution < 1.29 is 4.79 Å². The predicted octanol–water partition coefficient (Wildman–Crippen LogP) is 3.56. The summed E-state index contributed by atoms with van der Waals surface area (Å²) >= 11 is 6.03. The second-order valence-electron chi connectivity index (χ2n) is 8.48. The molecular formula is C25H25ClN8O. The number of aromatic amines is 1. The van der Waals surface area contributed by atoms with Crippen LogP contribution in [0.1, 0.15) is 40.5 Å². The van der Waals surface area contributed by atoms with Crippen molar-refractivity contribution in [2.24, 2.45) is 0 Å². The number of aromatic nitrogens is 5. The molecule has 35 heavy (non-hydrogen) atoms. The highest BCUT2D eigenvalue weighted by molar-refractivity contribution is 6.30. The molecule has 2 aromatic carbocycles. The maximum Gasteiger partial charge on any atom is 0.251 e. The van der Waals surface area contributed by atoms with E-state index in [0.717, 1.165) is 42.9 Å². The van der Waals surface area contributed by atoms with E-state index in [-0.39, 0.29) is 17.6 Å². The number of benzene rings is 2. The molecule has 5 rings (SSSR count). The van der Waals surface area contributed by atoms with Crippen molar-refractivity contribution in [1.29, 1.82) is 0 Å². The molecule has 2 aromatic heterocycles. The Morgan fingerprint density at radius 2 is 2.06 bits per heavy atom. The first-order valence-corrected chi connectivity index (χ1v) is 11.8. The molecule has 1 fully saturated rings. The lowest BCUT2D eigenvalue weighted by atomic mass is 9.99. The molecule has 1 aliphatic heterocycles. The van der Waals surface area contributed by atoms with Gasteiger partial charge in [-0.05, 0) is 49.2 Å². The van der Waals surface area contributed by atoms with Crippen LogP contribution in [0.4, 0.5) is 5.82 Å². The van der Waals surface area contributed by atoms with E-state index in [1.165, 1.54) is 0 Å². The highest BCUT2D eigenvalue weighted by atomic mass is 35.5. The summed E-state index contributed by atoms with van der Waals surface area (Å²) in [5.41, 5.74) is 9.31. The first kappa shape index (κ1) is 22.9. The number of carbonyl (C=O) groups excluding carboxylic acids is 1. The van der Waals surface area contributed by atoms with Gasteiger partial charge >= 0.3 is 0 Å². The van der Waals surface area contributed by atoms with Gasteiger partial charge in [-0.15, -0.1) is 10.2 Å². The van der Waals surface area contributed by atoms with Gasteiger partial charge in [-0.2, -0.15) is 0 Å². The average molecular weight is 489 g/mol. The lowest BCUT2D eigenvalue weighted by Crippen LogP contribution is -2.28. The summed E-state index contributed by atoms with van der Waals surface area (Å²) in [5.74, 6) is 1.64. The van der Waals surface area contributed by atoms with Gasteiger partial charge in [0.2, 0.25) is 0 Å². The zero-order valence-electron chi connectivity index (χ0n) is 19.0. The number of rotatable bonds is 6. The smallest absolute Gasteiger partial charge is 0.251 e. The van der Waals surface area contributed by atoms with E-state index in [1.807, 2.05) is 30.3 Å². The van der Waals surface area contributed by atoms with Crippen molar-refractivity contribution in [2.45, 2.75) is 25.3 Å². The third-order valence-corrected chi connectivity index (χ3v) is 6.21. The van der Waals surface area contributed by atoms with Gasteiger partial charge in [0.05, 0.1) is 11.9 Å². The fraction of sp³-hybridized carbons (Fsp3) is 0.240. The van der Waals surface area contributed by atoms with Crippen molar-refractivity contribution in [2.75, 3.05) is 18.8 Å². The van der Waals surface area contributed by atoms with Gasteiger partial charge in [0.1, 0.15) is 5.82 Å². The molecule has 0 aliphatic carbocycles. The Balaban J connectivity index is 1.35. The zero-order chi connectivity index (χ0) is 24.2. The highest BCUT2D eigenvalue weighted by Crippen LogP contribution is 2.26. The van der Waals surface area contributed by atoms with Crippen LogP contribution >= 0.6 is 11.6 Å². The maximum absolute atomic E-state index is 12.8. The van der Waals surface area contributed by atoms with Gasteiger partial charge in [-0.1, -0.05) is 35.9 Å². The molecule has 5 N–H and O–H groups in total. The van der Waals surface area contributed by atoms with Crippen molar-refractivity contribution in [3.8, 4) is 22.8 Å². The van der Waals surface area contributed by atoms with Crippen LogP contribution < -0.4 is 16.4 Å². The van der Waals surface area contributed by atoms with E-state index in [1.54, 1.807) is 24.4 Å². The molecule has 10 heteroatoms. The van der Waals surface area contributed by atoms with E-state index in [0.29, 0.717) is 34.3 Å². The van der Waals surface area contributed by atoms with Gasteiger partial charge < -0.3 is 21.4 Å². The molecule has 4 aromatic rings. The Morgan fingerprint density at radius 3 is 2.89 bits per heavy atom. The van der Waals surface area contributed by atoms with E-state index in [2.05, 4.69) is 30.8 Å². The molecule has 1 amide bonds. The van der Waals surface area contributed by atoms with Gasteiger partial charge in [0.25, 0.3) is 5.91 Å². The summed E-state index contributed by atoms with van der Waals surface area (Å²) in [7, 11) is 0. The minimum atomic E-state index is -0.198. The number of carbonyl (C=O) groups is 1. The summed E-state index contributed by atoms with van der Waals surface area (Å²) < 4.78 is 0. The normalized spacial score (nSPS) is 15.6. The van der Waals surface area contributed by atoms with E-state index < -0.39 is 0 Å². The topological polar surface area (TPSA) is 134 Å². The molecule has 178 valence electrons. The van der Waals surface area contributed by atoms with Crippen molar-refractivity contribution in [3.63, 3.8) is 0 Å². The molecule has 9 nitrogen and oxygen atoms in total. The first-order valence-electron chi connectivity index (χ1n) is 11.5. The molecule has 0 bridgehead atoms. The van der Waals surface area contributed by atoms with Crippen molar-refractivity contribution >= 4 is 23.3 Å². The van der Waals surface area contributed by atoms with Gasteiger partial charge in [-0.3, -0.25) is 4.79 Å². The molecule has 1 saturated heterocycles. The van der Waals surface area contributed by atoms with Crippen LogP contribution in [0.15, 0.2) is 54.7 Å². The summed E-state index contributed by atoms with van der Waals surface area (Å²) in [4.78, 5) is 25.0. The molecule has 0 radical (unpaired) electrons. The Bertz CT molecular complexity index is 1350. The number of nitrogens with zero attached hydrogens (tertiary/aromatic N) is 4. The monoisotopic (exact) mass is 488 g/mol. The molecule has 0 saturated carbocycles. The number of nitrogen functional groups attached to an aromatic ring is 1. The number of H-pyrrole nitrogens is 1. The summed E-state index contributed by atoms with van der Waals surface area (Å²) in [6.45, 7) is 2.26. The summed E-state index contributed by atoms with van der Waals surface area (Å²) in [6.07, 6.45) is 3.74. The number of halogens is 1. The Hall–Kier alpha value is -3.82. The standard InChI is InChI=1S/C25H25ClN8O/c26-19-8-1-4-15(10-19)12-30-25(35)17-6-2-5-16(11-17)20-14-29-22(27)21(31-20)24-32-23(33-34-24)18-7-3-9-28-13-18/h1-2,4-6,8,10-11,14,18,28H,3,7,9,12-13H2,(H2,27,29)(H,30,35)(H,32,33,34)/t18-/m0/s1. The van der Waals surface area contributed by atoms with Crippen molar-refractivity contribution in [3.05, 3.63) is 76.7 Å². The number of nitrogens with two attached hydrogens (primary N) is 1. The van der Waals surface area contributed by atoms with Gasteiger partial charge in [0, 0.05) is 35.2 Å². The van der Waals surface area contributed by atoms with E-state index >= 15 is 0 Å². The minimum absolute atomic E-state index is 0.198. The van der Waals surface area contributed by atoms with Gasteiger partial charge in [-0.25, -0.2) is 9.97 Å². The number of hydrogen-bond acceptors (Lipinski definition) is 7. The summed E-state index contributed by atoms with van der Waals surface area (Å²) in [5, 5.41) is 15.5. The van der Waals surface area contributed by atoms with Crippen LogP contribution in [0.3, 0.4) is 0 Å². The fourth-order valence-electron chi connectivity index (χ4n) is 4.11. The van der Waals surface area contributed by atoms with Crippen LogP contribution in [0.5, 0.6) is 0 Å². The average Bonchev–Trinajstić information content (AvgIpc) is 3.38. The number of piperidine rings is 1. The van der Waals surface area contributed by atoms with E-state index in [9.17, 15) is 4.79 Å². The lowest BCUT2D eigenvalue weighted by Gasteiger charge is -2.20. The maximum atomic E-state index is 12.8. The largest absolute Gasteiger partial charge is 0.382 e. The molecular weight excluding hydrogens is 464 g/mol. The molecule has 3 heterocycles. The second-order valence-corrected chi connectivity index (χ2v) is 8.92. The highest BCUT2D eigenvalue weighted by Gasteiger charge is 2.21. The molecule has 1 aliphatic rings.